The standard InChI is InChI=1S/C26H32F2/c1-3-4-5-6-18-9-11-22-15-23(25(27)16-24(22)26(18)28)21-12-10-19-13-17(2)7-8-20(19)14-21/h3-4,9,11,15-17,19-21H,5-8,10,12-14H2,1-2H3/b4-3+/t17?,19-,20?,21-/m1/s1. The average Bonchev–Trinajstić information content (AvgIpc) is 2.69. The predicted octanol–water partition coefficient (Wildman–Crippen LogP) is 7.95. The van der Waals surface area contributed by atoms with E-state index in [0.717, 1.165) is 48.0 Å². The fourth-order valence-corrected chi connectivity index (χ4v) is 5.69. The van der Waals surface area contributed by atoms with Gasteiger partial charge in [-0.2, -0.15) is 0 Å². The molecule has 2 aliphatic carbocycles. The second-order valence-electron chi connectivity index (χ2n) is 9.19. The molecule has 150 valence electrons. The molecule has 4 atom stereocenters. The molecule has 2 aromatic carbocycles. The van der Waals surface area contributed by atoms with Crippen molar-refractivity contribution in [3.8, 4) is 0 Å². The zero-order valence-corrected chi connectivity index (χ0v) is 17.2. The van der Waals surface area contributed by atoms with Crippen LogP contribution in [0.3, 0.4) is 0 Å². The molecule has 0 heterocycles. The minimum absolute atomic E-state index is 0.218. The molecule has 28 heavy (non-hydrogen) atoms. The fourth-order valence-electron chi connectivity index (χ4n) is 5.69. The summed E-state index contributed by atoms with van der Waals surface area (Å²) in [4.78, 5) is 0. The van der Waals surface area contributed by atoms with E-state index in [2.05, 4.69) is 6.92 Å². The molecule has 2 aliphatic rings. The number of fused-ring (bicyclic) bond motifs is 2. The van der Waals surface area contributed by atoms with E-state index in [4.69, 9.17) is 0 Å². The van der Waals surface area contributed by atoms with E-state index in [9.17, 15) is 4.39 Å². The van der Waals surface area contributed by atoms with Crippen molar-refractivity contribution < 1.29 is 8.78 Å². The molecule has 2 fully saturated rings. The Balaban J connectivity index is 1.58. The van der Waals surface area contributed by atoms with Crippen molar-refractivity contribution in [2.75, 3.05) is 0 Å². The van der Waals surface area contributed by atoms with Gasteiger partial charge in [-0.1, -0.05) is 37.6 Å². The molecule has 0 bridgehead atoms. The van der Waals surface area contributed by atoms with Crippen LogP contribution in [0.25, 0.3) is 10.8 Å². The lowest BCUT2D eigenvalue weighted by atomic mass is 9.64. The largest absolute Gasteiger partial charge is 0.207 e. The summed E-state index contributed by atoms with van der Waals surface area (Å²) in [5, 5.41) is 1.27. The average molecular weight is 383 g/mol. The topological polar surface area (TPSA) is 0 Å². The van der Waals surface area contributed by atoms with Crippen LogP contribution < -0.4 is 0 Å². The van der Waals surface area contributed by atoms with Gasteiger partial charge in [-0.05, 0) is 104 Å². The Kier molecular flexibility index (Phi) is 5.85. The number of allylic oxidation sites excluding steroid dienone is 2. The van der Waals surface area contributed by atoms with Crippen molar-refractivity contribution in [2.24, 2.45) is 17.8 Å². The third kappa shape index (κ3) is 3.88. The highest BCUT2D eigenvalue weighted by atomic mass is 19.1. The van der Waals surface area contributed by atoms with Gasteiger partial charge in [0.2, 0.25) is 0 Å². The van der Waals surface area contributed by atoms with E-state index in [0.29, 0.717) is 17.4 Å². The van der Waals surface area contributed by atoms with E-state index in [1.165, 1.54) is 31.7 Å². The van der Waals surface area contributed by atoms with E-state index < -0.39 is 0 Å². The van der Waals surface area contributed by atoms with Gasteiger partial charge in [0.25, 0.3) is 0 Å². The maximum absolute atomic E-state index is 15.0. The Hall–Kier alpha value is -1.70. The summed E-state index contributed by atoms with van der Waals surface area (Å²) >= 11 is 0. The minimum Gasteiger partial charge on any atom is -0.207 e. The molecule has 2 heteroatoms. The van der Waals surface area contributed by atoms with Crippen molar-refractivity contribution in [1.82, 2.24) is 0 Å². The second kappa shape index (κ2) is 8.35. The third-order valence-corrected chi connectivity index (χ3v) is 7.28. The minimum atomic E-state index is -0.252. The molecule has 2 saturated carbocycles. The van der Waals surface area contributed by atoms with Crippen LogP contribution in [0.2, 0.25) is 0 Å². The molecule has 0 spiro atoms. The van der Waals surface area contributed by atoms with Crippen molar-refractivity contribution in [3.63, 3.8) is 0 Å². The van der Waals surface area contributed by atoms with Crippen LogP contribution in [0.5, 0.6) is 0 Å². The Morgan fingerprint density at radius 2 is 1.79 bits per heavy atom. The molecule has 2 aromatic rings. The molecular weight excluding hydrogens is 350 g/mol. The lowest BCUT2D eigenvalue weighted by Crippen LogP contribution is -2.29. The van der Waals surface area contributed by atoms with Crippen LogP contribution in [0.15, 0.2) is 36.4 Å². The number of benzene rings is 2. The summed E-state index contributed by atoms with van der Waals surface area (Å²) < 4.78 is 29.9. The normalized spacial score (nSPS) is 28.0. The SMILES string of the molecule is C/C=C/CCc1ccc2cc([C@@H]3CC[C@@H]4CC(C)CCC4C3)c(F)cc2c1F. The number of aryl methyl sites for hydroxylation is 1. The van der Waals surface area contributed by atoms with E-state index in [-0.39, 0.29) is 17.6 Å². The van der Waals surface area contributed by atoms with Crippen LogP contribution in [0, 0.1) is 29.4 Å². The van der Waals surface area contributed by atoms with E-state index >= 15 is 4.39 Å². The number of halogens is 2. The predicted molar refractivity (Wildman–Crippen MR) is 114 cm³/mol. The van der Waals surface area contributed by atoms with E-state index in [1.54, 1.807) is 0 Å². The Morgan fingerprint density at radius 1 is 1.00 bits per heavy atom. The number of hydrogen-bond acceptors (Lipinski definition) is 0. The molecule has 0 nitrogen and oxygen atoms in total. The summed E-state index contributed by atoms with van der Waals surface area (Å²) in [5.41, 5.74) is 1.49. The molecule has 0 aromatic heterocycles. The van der Waals surface area contributed by atoms with E-state index in [1.807, 2.05) is 37.3 Å². The molecule has 0 saturated heterocycles. The first-order valence-electron chi connectivity index (χ1n) is 11.1. The Labute approximate surface area is 168 Å². The lowest BCUT2D eigenvalue weighted by Gasteiger charge is -2.41. The van der Waals surface area contributed by atoms with Gasteiger partial charge >= 0.3 is 0 Å². The highest BCUT2D eigenvalue weighted by molar-refractivity contribution is 5.85. The van der Waals surface area contributed by atoms with Crippen molar-refractivity contribution in [2.45, 2.75) is 71.1 Å². The fraction of sp³-hybridized carbons (Fsp3) is 0.538. The first-order chi connectivity index (χ1) is 13.6. The van der Waals surface area contributed by atoms with Crippen molar-refractivity contribution in [1.29, 1.82) is 0 Å². The summed E-state index contributed by atoms with van der Waals surface area (Å²) in [6.07, 6.45) is 12.8. The van der Waals surface area contributed by atoms with Crippen LogP contribution in [-0.4, -0.2) is 0 Å². The molecule has 0 N–H and O–H groups in total. The van der Waals surface area contributed by atoms with Gasteiger partial charge < -0.3 is 0 Å². The summed E-state index contributed by atoms with van der Waals surface area (Å²) in [6.45, 7) is 4.33. The van der Waals surface area contributed by atoms with Gasteiger partial charge in [0.1, 0.15) is 11.6 Å². The van der Waals surface area contributed by atoms with Crippen LogP contribution in [0.1, 0.15) is 75.8 Å². The summed E-state index contributed by atoms with van der Waals surface area (Å²) in [5.74, 6) is 2.25. The molecular formula is C26H32F2. The van der Waals surface area contributed by atoms with Crippen molar-refractivity contribution in [3.05, 3.63) is 59.2 Å². The van der Waals surface area contributed by atoms with Gasteiger partial charge in [0, 0.05) is 5.39 Å². The maximum atomic E-state index is 15.0. The van der Waals surface area contributed by atoms with Gasteiger partial charge in [0.05, 0.1) is 0 Å². The monoisotopic (exact) mass is 382 g/mol. The Bertz CT molecular complexity index is 866. The number of rotatable bonds is 4. The first kappa shape index (κ1) is 19.6. The quantitative estimate of drug-likeness (QED) is 0.471. The second-order valence-corrected chi connectivity index (χ2v) is 9.19. The van der Waals surface area contributed by atoms with Gasteiger partial charge in [-0.3, -0.25) is 0 Å². The van der Waals surface area contributed by atoms with Crippen LogP contribution >= 0.6 is 0 Å². The van der Waals surface area contributed by atoms with Crippen LogP contribution in [-0.2, 0) is 6.42 Å². The maximum Gasteiger partial charge on any atom is 0.134 e. The zero-order chi connectivity index (χ0) is 19.7. The van der Waals surface area contributed by atoms with Crippen molar-refractivity contribution >= 4 is 10.8 Å². The third-order valence-electron chi connectivity index (χ3n) is 7.28. The molecule has 0 amide bonds. The highest BCUT2D eigenvalue weighted by Crippen LogP contribution is 2.48. The highest BCUT2D eigenvalue weighted by Gasteiger charge is 2.35. The lowest BCUT2D eigenvalue weighted by molar-refractivity contribution is 0.124. The molecule has 0 radical (unpaired) electrons. The van der Waals surface area contributed by atoms with Gasteiger partial charge in [0.15, 0.2) is 0 Å². The summed E-state index contributed by atoms with van der Waals surface area (Å²) in [7, 11) is 0. The summed E-state index contributed by atoms with van der Waals surface area (Å²) in [6, 6.07) is 7.23. The molecule has 4 rings (SSSR count). The van der Waals surface area contributed by atoms with Crippen LogP contribution in [0.4, 0.5) is 8.78 Å². The first-order valence-corrected chi connectivity index (χ1v) is 11.1. The molecule has 0 aliphatic heterocycles. The van der Waals surface area contributed by atoms with Gasteiger partial charge in [-0.15, -0.1) is 0 Å². The Morgan fingerprint density at radius 3 is 2.61 bits per heavy atom. The smallest absolute Gasteiger partial charge is 0.134 e. The number of hydrogen-bond donors (Lipinski definition) is 0. The van der Waals surface area contributed by atoms with Gasteiger partial charge in [-0.25, -0.2) is 8.78 Å². The molecule has 2 unspecified atom stereocenters. The zero-order valence-electron chi connectivity index (χ0n) is 17.2.